The van der Waals surface area contributed by atoms with Gasteiger partial charge in [-0.2, -0.15) is 0 Å². The molecule has 2 rings (SSSR count). The lowest BCUT2D eigenvalue weighted by Crippen LogP contribution is -2.31. The number of hydrogen-bond donors (Lipinski definition) is 1. The molecule has 0 spiro atoms. The fraction of sp³-hybridized carbons (Fsp3) is 0.727. The predicted molar refractivity (Wildman–Crippen MR) is 60.6 cm³/mol. The Morgan fingerprint density at radius 1 is 1.64 bits per heavy atom. The lowest BCUT2D eigenvalue weighted by atomic mass is 9.80. The molecular weight excluding hydrogens is 192 g/mol. The maximum absolute atomic E-state index is 4.11. The van der Waals surface area contributed by atoms with Crippen molar-refractivity contribution in [3.05, 3.63) is 16.6 Å². The summed E-state index contributed by atoms with van der Waals surface area (Å²) >= 11 is 1.77. The first-order valence-electron chi connectivity index (χ1n) is 5.43. The Hall–Kier alpha value is -0.410. The predicted octanol–water partition coefficient (Wildman–Crippen LogP) is 2.46. The zero-order valence-electron chi connectivity index (χ0n) is 8.70. The molecule has 1 unspecified atom stereocenters. The van der Waals surface area contributed by atoms with Gasteiger partial charge in [0, 0.05) is 17.1 Å². The second-order valence-corrected chi connectivity index (χ2v) is 5.16. The summed E-state index contributed by atoms with van der Waals surface area (Å²) in [6.45, 7) is 0. The van der Waals surface area contributed by atoms with Gasteiger partial charge in [0.2, 0.25) is 0 Å². The van der Waals surface area contributed by atoms with Crippen LogP contribution in [0.15, 0.2) is 11.7 Å². The van der Waals surface area contributed by atoms with Crippen molar-refractivity contribution in [1.29, 1.82) is 0 Å². The Morgan fingerprint density at radius 3 is 3.00 bits per heavy atom. The Kier molecular flexibility index (Phi) is 3.54. The Bertz CT molecular complexity index is 254. The van der Waals surface area contributed by atoms with E-state index in [-0.39, 0.29) is 0 Å². The van der Waals surface area contributed by atoms with E-state index >= 15 is 0 Å². The molecular formula is C11H18N2S. The molecule has 1 atom stereocenters. The smallest absolute Gasteiger partial charge is 0.0794 e. The third kappa shape index (κ3) is 2.55. The van der Waals surface area contributed by atoms with Crippen molar-refractivity contribution in [2.45, 2.75) is 38.1 Å². The molecule has 1 aliphatic rings. The molecule has 0 bridgehead atoms. The lowest BCUT2D eigenvalue weighted by Gasteiger charge is -2.29. The summed E-state index contributed by atoms with van der Waals surface area (Å²) in [6.07, 6.45) is 8.82. The van der Waals surface area contributed by atoms with E-state index < -0.39 is 0 Å². The van der Waals surface area contributed by atoms with E-state index in [1.54, 1.807) is 11.3 Å². The highest BCUT2D eigenvalue weighted by molar-refractivity contribution is 7.09. The molecule has 1 saturated carbocycles. The molecule has 0 amide bonds. The second-order valence-electron chi connectivity index (χ2n) is 4.19. The molecule has 2 nitrogen and oxygen atoms in total. The van der Waals surface area contributed by atoms with Gasteiger partial charge in [0.1, 0.15) is 0 Å². The maximum Gasteiger partial charge on any atom is 0.0794 e. The van der Waals surface area contributed by atoms with Crippen molar-refractivity contribution in [3.8, 4) is 0 Å². The van der Waals surface area contributed by atoms with E-state index in [4.69, 9.17) is 0 Å². The molecule has 0 radical (unpaired) electrons. The summed E-state index contributed by atoms with van der Waals surface area (Å²) in [6, 6.07) is 0.653. The summed E-state index contributed by atoms with van der Waals surface area (Å²) in [5, 5.41) is 3.42. The molecule has 0 saturated heterocycles. The summed E-state index contributed by atoms with van der Waals surface area (Å²) in [5.74, 6) is 0.986. The minimum absolute atomic E-state index is 0.653. The number of nitrogens with one attached hydrogen (secondary N) is 1. The van der Waals surface area contributed by atoms with Crippen LogP contribution in [0.1, 0.15) is 30.6 Å². The van der Waals surface area contributed by atoms with E-state index in [1.807, 2.05) is 11.7 Å². The maximum atomic E-state index is 4.11. The number of nitrogens with zero attached hydrogens (tertiary/aromatic N) is 1. The Balaban J connectivity index is 1.80. The average molecular weight is 210 g/mol. The highest BCUT2D eigenvalue weighted by Gasteiger charge is 2.21. The largest absolute Gasteiger partial charge is 0.317 e. The van der Waals surface area contributed by atoms with Crippen molar-refractivity contribution in [2.75, 3.05) is 7.05 Å². The molecule has 78 valence electrons. The minimum Gasteiger partial charge on any atom is -0.317 e. The molecule has 1 fully saturated rings. The van der Waals surface area contributed by atoms with Gasteiger partial charge in [-0.3, -0.25) is 4.98 Å². The van der Waals surface area contributed by atoms with Crippen LogP contribution in [0.3, 0.4) is 0 Å². The first kappa shape index (κ1) is 10.1. The molecule has 1 heterocycles. The van der Waals surface area contributed by atoms with Gasteiger partial charge < -0.3 is 5.32 Å². The zero-order valence-corrected chi connectivity index (χ0v) is 9.52. The number of hydrogen-bond acceptors (Lipinski definition) is 3. The van der Waals surface area contributed by atoms with Gasteiger partial charge in [-0.25, -0.2) is 0 Å². The van der Waals surface area contributed by atoms with E-state index in [0.29, 0.717) is 6.04 Å². The van der Waals surface area contributed by atoms with Crippen LogP contribution in [0.2, 0.25) is 0 Å². The molecule has 1 aliphatic carbocycles. The zero-order chi connectivity index (χ0) is 9.80. The third-order valence-corrected chi connectivity index (χ3v) is 3.98. The third-order valence-electron chi connectivity index (χ3n) is 3.18. The summed E-state index contributed by atoms with van der Waals surface area (Å²) in [7, 11) is 2.07. The molecule has 1 aromatic heterocycles. The Labute approximate surface area is 89.8 Å². The van der Waals surface area contributed by atoms with Crippen molar-refractivity contribution < 1.29 is 0 Å². The van der Waals surface area contributed by atoms with E-state index in [1.165, 1.54) is 30.6 Å². The van der Waals surface area contributed by atoms with Crippen LogP contribution in [0, 0.1) is 5.92 Å². The van der Waals surface area contributed by atoms with Gasteiger partial charge in [-0.15, -0.1) is 11.3 Å². The number of likely N-dealkylation sites (N-methyl/N-ethyl adjacent to an activating group) is 1. The quantitative estimate of drug-likeness (QED) is 0.807. The van der Waals surface area contributed by atoms with Gasteiger partial charge in [-0.1, -0.05) is 19.3 Å². The molecule has 14 heavy (non-hydrogen) atoms. The summed E-state index contributed by atoms with van der Waals surface area (Å²) in [4.78, 5) is 5.52. The minimum atomic E-state index is 0.653. The van der Waals surface area contributed by atoms with Crippen LogP contribution in [0.25, 0.3) is 0 Å². The summed E-state index contributed by atoms with van der Waals surface area (Å²) in [5.41, 5.74) is 1.92. The van der Waals surface area contributed by atoms with E-state index in [2.05, 4.69) is 17.3 Å². The molecule has 0 aliphatic heterocycles. The number of rotatable bonds is 5. The lowest BCUT2D eigenvalue weighted by molar-refractivity contribution is 0.264. The van der Waals surface area contributed by atoms with Gasteiger partial charge in [0.15, 0.2) is 0 Å². The molecule has 1 aromatic rings. The summed E-state index contributed by atoms with van der Waals surface area (Å²) < 4.78 is 0. The van der Waals surface area contributed by atoms with Crippen LogP contribution in [-0.4, -0.2) is 18.1 Å². The van der Waals surface area contributed by atoms with Gasteiger partial charge in [0.25, 0.3) is 0 Å². The first-order chi connectivity index (χ1) is 6.88. The SMILES string of the molecule is CNC(Cc1cncs1)CC1CCC1. The Morgan fingerprint density at radius 2 is 2.50 bits per heavy atom. The number of aromatic nitrogens is 1. The fourth-order valence-electron chi connectivity index (χ4n) is 2.02. The molecule has 3 heteroatoms. The van der Waals surface area contributed by atoms with Crippen molar-refractivity contribution >= 4 is 11.3 Å². The highest BCUT2D eigenvalue weighted by atomic mass is 32.1. The van der Waals surface area contributed by atoms with Crippen LogP contribution in [0.5, 0.6) is 0 Å². The monoisotopic (exact) mass is 210 g/mol. The van der Waals surface area contributed by atoms with Crippen LogP contribution >= 0.6 is 11.3 Å². The van der Waals surface area contributed by atoms with Crippen LogP contribution in [-0.2, 0) is 6.42 Å². The molecule has 1 N–H and O–H groups in total. The van der Waals surface area contributed by atoms with Crippen LogP contribution in [0.4, 0.5) is 0 Å². The van der Waals surface area contributed by atoms with Gasteiger partial charge >= 0.3 is 0 Å². The van der Waals surface area contributed by atoms with E-state index in [9.17, 15) is 0 Å². The standard InChI is InChI=1S/C11H18N2S/c1-12-10(5-9-3-2-4-9)6-11-7-13-8-14-11/h7-10,12H,2-6H2,1H3. The van der Waals surface area contributed by atoms with Crippen LogP contribution < -0.4 is 5.32 Å². The average Bonchev–Trinajstić information content (AvgIpc) is 2.61. The van der Waals surface area contributed by atoms with Gasteiger partial charge in [0.05, 0.1) is 5.51 Å². The first-order valence-corrected chi connectivity index (χ1v) is 6.31. The van der Waals surface area contributed by atoms with Crippen molar-refractivity contribution in [1.82, 2.24) is 10.3 Å². The second kappa shape index (κ2) is 4.89. The fourth-order valence-corrected chi connectivity index (χ4v) is 2.70. The van der Waals surface area contributed by atoms with E-state index in [0.717, 1.165) is 12.3 Å². The topological polar surface area (TPSA) is 24.9 Å². The molecule has 0 aromatic carbocycles. The normalized spacial score (nSPS) is 19.2. The highest BCUT2D eigenvalue weighted by Crippen LogP contribution is 2.31. The number of thiazole rings is 1. The van der Waals surface area contributed by atoms with Gasteiger partial charge in [-0.05, 0) is 25.8 Å². The van der Waals surface area contributed by atoms with Crippen molar-refractivity contribution in [3.63, 3.8) is 0 Å². The van der Waals surface area contributed by atoms with Crippen molar-refractivity contribution in [2.24, 2.45) is 5.92 Å².